The summed E-state index contributed by atoms with van der Waals surface area (Å²) in [5, 5.41) is 3.38. The van der Waals surface area contributed by atoms with Crippen LogP contribution in [0.15, 0.2) is 48.5 Å². The monoisotopic (exact) mass is 277 g/mol. The number of carbonyl (C=O) groups excluding carboxylic acids is 1. The highest BCUT2D eigenvalue weighted by Gasteiger charge is 2.44. The summed E-state index contributed by atoms with van der Waals surface area (Å²) in [5.41, 5.74) is 4.85. The number of nitrogens with one attached hydrogen (secondary N) is 1. The molecule has 21 heavy (non-hydrogen) atoms. The zero-order valence-corrected chi connectivity index (χ0v) is 12.0. The van der Waals surface area contributed by atoms with Crippen molar-refractivity contribution in [2.45, 2.75) is 25.3 Å². The van der Waals surface area contributed by atoms with Crippen LogP contribution >= 0.6 is 0 Å². The molecule has 2 aliphatic rings. The van der Waals surface area contributed by atoms with E-state index in [1.54, 1.807) is 0 Å². The summed E-state index contributed by atoms with van der Waals surface area (Å²) in [7, 11) is 0. The van der Waals surface area contributed by atoms with Crippen molar-refractivity contribution in [3.05, 3.63) is 70.8 Å². The molecule has 0 radical (unpaired) electrons. The molecule has 2 aromatic carbocycles. The first-order chi connectivity index (χ1) is 10.3. The average molecular weight is 277 g/mol. The molecular weight excluding hydrogens is 258 g/mol. The van der Waals surface area contributed by atoms with Crippen molar-refractivity contribution in [2.24, 2.45) is 5.92 Å². The van der Waals surface area contributed by atoms with Crippen LogP contribution in [0.2, 0.25) is 0 Å². The van der Waals surface area contributed by atoms with E-state index in [9.17, 15) is 4.79 Å². The van der Waals surface area contributed by atoms with E-state index in [-0.39, 0.29) is 5.92 Å². The van der Waals surface area contributed by atoms with Crippen molar-refractivity contribution in [1.29, 1.82) is 0 Å². The zero-order chi connectivity index (χ0) is 14.2. The summed E-state index contributed by atoms with van der Waals surface area (Å²) in [4.78, 5) is 12.8. The van der Waals surface area contributed by atoms with Gasteiger partial charge in [0.15, 0.2) is 5.78 Å². The molecule has 4 rings (SSSR count). The fourth-order valence-electron chi connectivity index (χ4n) is 3.52. The highest BCUT2D eigenvalue weighted by molar-refractivity contribution is 6.01. The molecule has 2 atom stereocenters. The van der Waals surface area contributed by atoms with Crippen molar-refractivity contribution < 1.29 is 4.79 Å². The average Bonchev–Trinajstić information content (AvgIpc) is 3.35. The second kappa shape index (κ2) is 5.12. The van der Waals surface area contributed by atoms with E-state index in [2.05, 4.69) is 35.6 Å². The maximum atomic E-state index is 12.8. The molecule has 2 aromatic rings. The number of benzene rings is 2. The molecule has 2 nitrogen and oxygen atoms in total. The standard InChI is InChI=1S/C19H19NO/c21-19(18-11-17(18)13-5-2-1-3-6-13)16-8-4-7-14-12-20-10-9-15(14)16/h1-8,17-18,20H,9-12H2. The quantitative estimate of drug-likeness (QED) is 0.872. The summed E-state index contributed by atoms with van der Waals surface area (Å²) < 4.78 is 0. The lowest BCUT2D eigenvalue weighted by Gasteiger charge is -2.19. The second-order valence-electron chi connectivity index (χ2n) is 6.09. The molecule has 2 unspecified atom stereocenters. The van der Waals surface area contributed by atoms with Gasteiger partial charge in [0.2, 0.25) is 0 Å². The van der Waals surface area contributed by atoms with Crippen LogP contribution in [-0.4, -0.2) is 12.3 Å². The third-order valence-electron chi connectivity index (χ3n) is 4.76. The molecule has 1 saturated carbocycles. The number of rotatable bonds is 3. The number of Topliss-reactive ketones (excluding diaryl/α,β-unsaturated/α-hetero) is 1. The van der Waals surface area contributed by atoms with Gasteiger partial charge in [-0.15, -0.1) is 0 Å². The Morgan fingerprint density at radius 3 is 2.76 bits per heavy atom. The lowest BCUT2D eigenvalue weighted by atomic mass is 9.91. The first kappa shape index (κ1) is 12.8. The van der Waals surface area contributed by atoms with Gasteiger partial charge in [-0.3, -0.25) is 4.79 Å². The van der Waals surface area contributed by atoms with E-state index in [0.29, 0.717) is 11.7 Å². The lowest BCUT2D eigenvalue weighted by Crippen LogP contribution is -2.25. The normalized spacial score (nSPS) is 23.4. The molecular formula is C19H19NO. The fraction of sp³-hybridized carbons (Fsp3) is 0.316. The van der Waals surface area contributed by atoms with E-state index >= 15 is 0 Å². The minimum Gasteiger partial charge on any atom is -0.312 e. The Hall–Kier alpha value is -1.93. The summed E-state index contributed by atoms with van der Waals surface area (Å²) in [5.74, 6) is 0.965. The van der Waals surface area contributed by atoms with Crippen molar-refractivity contribution in [1.82, 2.24) is 5.32 Å². The summed E-state index contributed by atoms with van der Waals surface area (Å²) in [6.07, 6.45) is 1.98. The van der Waals surface area contributed by atoms with Gasteiger partial charge in [0, 0.05) is 18.0 Å². The maximum absolute atomic E-state index is 12.8. The van der Waals surface area contributed by atoms with Crippen molar-refractivity contribution in [3.8, 4) is 0 Å². The number of hydrogen-bond donors (Lipinski definition) is 1. The molecule has 1 aliphatic heterocycles. The fourth-order valence-corrected chi connectivity index (χ4v) is 3.52. The minimum absolute atomic E-state index is 0.189. The Labute approximate surface area is 125 Å². The lowest BCUT2D eigenvalue weighted by molar-refractivity contribution is 0.0964. The van der Waals surface area contributed by atoms with Crippen LogP contribution in [-0.2, 0) is 13.0 Å². The molecule has 0 spiro atoms. The van der Waals surface area contributed by atoms with Gasteiger partial charge in [-0.25, -0.2) is 0 Å². The SMILES string of the molecule is O=C(c1cccc2c1CCNC2)C1CC1c1ccccc1. The molecule has 1 heterocycles. The molecule has 0 aromatic heterocycles. The highest BCUT2D eigenvalue weighted by Crippen LogP contribution is 2.49. The molecule has 0 saturated heterocycles. The van der Waals surface area contributed by atoms with Crippen LogP contribution in [0.1, 0.15) is 39.4 Å². The summed E-state index contributed by atoms with van der Waals surface area (Å²) in [6, 6.07) is 16.6. The Morgan fingerprint density at radius 1 is 1.05 bits per heavy atom. The maximum Gasteiger partial charge on any atom is 0.166 e. The summed E-state index contributed by atoms with van der Waals surface area (Å²) in [6.45, 7) is 1.87. The molecule has 1 N–H and O–H groups in total. The van der Waals surface area contributed by atoms with E-state index in [0.717, 1.165) is 31.5 Å². The number of hydrogen-bond acceptors (Lipinski definition) is 2. The van der Waals surface area contributed by atoms with Crippen LogP contribution in [0, 0.1) is 5.92 Å². The predicted octanol–water partition coefficient (Wildman–Crippen LogP) is 3.32. The number of ketones is 1. The molecule has 1 fully saturated rings. The van der Waals surface area contributed by atoms with E-state index in [1.807, 2.05) is 18.2 Å². The smallest absolute Gasteiger partial charge is 0.166 e. The van der Waals surface area contributed by atoms with Gasteiger partial charge in [-0.1, -0.05) is 48.5 Å². The Balaban J connectivity index is 1.60. The first-order valence-electron chi connectivity index (χ1n) is 7.75. The molecule has 1 aliphatic carbocycles. The van der Waals surface area contributed by atoms with Crippen LogP contribution in [0.3, 0.4) is 0 Å². The molecule has 0 bridgehead atoms. The molecule has 0 amide bonds. The zero-order valence-electron chi connectivity index (χ0n) is 12.0. The van der Waals surface area contributed by atoms with Gasteiger partial charge in [0.05, 0.1) is 0 Å². The minimum atomic E-state index is 0.189. The van der Waals surface area contributed by atoms with Gasteiger partial charge >= 0.3 is 0 Å². The Morgan fingerprint density at radius 2 is 1.90 bits per heavy atom. The van der Waals surface area contributed by atoms with Crippen molar-refractivity contribution >= 4 is 5.78 Å². The van der Waals surface area contributed by atoms with E-state index < -0.39 is 0 Å². The third kappa shape index (κ3) is 2.30. The van der Waals surface area contributed by atoms with Crippen LogP contribution < -0.4 is 5.32 Å². The van der Waals surface area contributed by atoms with Crippen molar-refractivity contribution in [3.63, 3.8) is 0 Å². The van der Waals surface area contributed by atoms with Gasteiger partial charge < -0.3 is 5.32 Å². The second-order valence-corrected chi connectivity index (χ2v) is 6.09. The predicted molar refractivity (Wildman–Crippen MR) is 83.5 cm³/mol. The Bertz CT molecular complexity index is 677. The van der Waals surface area contributed by atoms with Crippen LogP contribution in [0.5, 0.6) is 0 Å². The highest BCUT2D eigenvalue weighted by atomic mass is 16.1. The largest absolute Gasteiger partial charge is 0.312 e. The van der Waals surface area contributed by atoms with Gasteiger partial charge in [-0.2, -0.15) is 0 Å². The van der Waals surface area contributed by atoms with Gasteiger partial charge in [-0.05, 0) is 42.0 Å². The first-order valence-corrected chi connectivity index (χ1v) is 7.75. The number of carbonyl (C=O) groups is 1. The number of fused-ring (bicyclic) bond motifs is 1. The van der Waals surface area contributed by atoms with Gasteiger partial charge in [0.1, 0.15) is 0 Å². The van der Waals surface area contributed by atoms with Crippen LogP contribution in [0.4, 0.5) is 0 Å². The Kier molecular flexibility index (Phi) is 3.12. The van der Waals surface area contributed by atoms with Gasteiger partial charge in [0.25, 0.3) is 0 Å². The molecule has 106 valence electrons. The van der Waals surface area contributed by atoms with E-state index in [4.69, 9.17) is 0 Å². The summed E-state index contributed by atoms with van der Waals surface area (Å²) >= 11 is 0. The third-order valence-corrected chi connectivity index (χ3v) is 4.76. The van der Waals surface area contributed by atoms with Crippen molar-refractivity contribution in [2.75, 3.05) is 6.54 Å². The van der Waals surface area contributed by atoms with E-state index in [1.165, 1.54) is 16.7 Å². The molecule has 2 heteroatoms. The van der Waals surface area contributed by atoms with Crippen LogP contribution in [0.25, 0.3) is 0 Å². The topological polar surface area (TPSA) is 29.1 Å².